The zero-order chi connectivity index (χ0) is 31.9. The lowest BCUT2D eigenvalue weighted by Crippen LogP contribution is -2.71. The second kappa shape index (κ2) is 12.4. The fraction of sp³-hybridized carbons (Fsp3) is 0.469. The van der Waals surface area contributed by atoms with Crippen LogP contribution in [0.5, 0.6) is 11.5 Å². The van der Waals surface area contributed by atoms with Crippen molar-refractivity contribution < 1.29 is 27.8 Å². The van der Waals surface area contributed by atoms with E-state index in [-0.39, 0.29) is 29.7 Å². The van der Waals surface area contributed by atoms with Gasteiger partial charge in [0.1, 0.15) is 17.2 Å². The number of nitrogens with two attached hydrogens (primary N) is 1. The molecule has 3 aliphatic heterocycles. The topological polar surface area (TPSA) is 118 Å². The Hall–Kier alpha value is -4.07. The first-order valence-electron chi connectivity index (χ1n) is 15.2. The molecular formula is C32H39F2N7O4. The fourth-order valence-electron chi connectivity index (χ4n) is 6.16. The zero-order valence-corrected chi connectivity index (χ0v) is 25.7. The van der Waals surface area contributed by atoms with Crippen LogP contribution in [0.25, 0.3) is 11.3 Å². The third-order valence-electron chi connectivity index (χ3n) is 8.66. The molecule has 4 heterocycles. The van der Waals surface area contributed by atoms with Crippen molar-refractivity contribution in [2.24, 2.45) is 11.8 Å². The number of piperidine rings is 1. The average molecular weight is 624 g/mol. The Morgan fingerprint density at radius 2 is 1.58 bits per heavy atom. The number of hydrogen-bond donors (Lipinski definition) is 2. The minimum atomic E-state index is -0.775. The molecular weight excluding hydrogens is 584 g/mol. The number of aromatic nitrogens is 2. The summed E-state index contributed by atoms with van der Waals surface area (Å²) in [7, 11) is 0. The molecule has 2 unspecified atom stereocenters. The van der Waals surface area contributed by atoms with E-state index in [2.05, 4.69) is 15.2 Å². The second-order valence-electron chi connectivity index (χ2n) is 13.1. The Labute approximate surface area is 260 Å². The molecule has 3 saturated heterocycles. The fourth-order valence-corrected chi connectivity index (χ4v) is 6.16. The Morgan fingerprint density at radius 3 is 2.24 bits per heavy atom. The first-order valence-corrected chi connectivity index (χ1v) is 15.2. The van der Waals surface area contributed by atoms with E-state index in [1.54, 1.807) is 17.0 Å². The molecule has 6 rings (SSSR count). The molecule has 0 saturated carbocycles. The van der Waals surface area contributed by atoms with Crippen LogP contribution >= 0.6 is 0 Å². The summed E-state index contributed by atoms with van der Waals surface area (Å²) >= 11 is 0. The second-order valence-corrected chi connectivity index (χ2v) is 13.1. The molecule has 3 fully saturated rings. The monoisotopic (exact) mass is 623 g/mol. The largest absolute Gasteiger partial charge is 0.454 e. The summed E-state index contributed by atoms with van der Waals surface area (Å²) in [6, 6.07) is 12.7. The maximum Gasteiger partial charge on any atom is 0.410 e. The normalized spacial score (nSPS) is 21.6. The van der Waals surface area contributed by atoms with Gasteiger partial charge in [-0.25, -0.2) is 19.4 Å². The molecule has 3 aromatic rings. The zero-order valence-electron chi connectivity index (χ0n) is 25.7. The SMILES string of the molecule is CC(C)(C)OC(=O)N1CC(N2CC(N3CC(C(=O)NN)CC(n4ccc(-c5ccc(Oc6ccc(F)cc6F)cc5)n4)C3)C2)C1. The molecule has 0 aliphatic carbocycles. The van der Waals surface area contributed by atoms with Gasteiger partial charge in [0, 0.05) is 69.2 Å². The van der Waals surface area contributed by atoms with Crippen LogP contribution in [0.15, 0.2) is 54.7 Å². The number of nitrogens with one attached hydrogen (secondary N) is 1. The minimum absolute atomic E-state index is 0.0285. The number of hydrogen-bond acceptors (Lipinski definition) is 8. The Kier molecular flexibility index (Phi) is 8.51. The summed E-state index contributed by atoms with van der Waals surface area (Å²) in [5.41, 5.74) is 3.42. The minimum Gasteiger partial charge on any atom is -0.454 e. The summed E-state index contributed by atoms with van der Waals surface area (Å²) in [6.45, 7) is 10.0. The maximum absolute atomic E-state index is 14.0. The van der Waals surface area contributed by atoms with Crippen molar-refractivity contribution in [1.82, 2.24) is 29.9 Å². The standard InChI is InChI=1S/C32H39F2N7O4/c1-32(2,3)45-31(43)40-18-25(19-40)39-16-24(17-39)38-14-21(30(42)36-35)12-23(15-38)41-11-10-28(37-41)20-4-7-26(8-5-20)44-29-9-6-22(33)13-27(29)34/h4-11,13,21,23-25H,12,14-19,35H2,1-3H3,(H,36,42). The molecule has 3 aliphatic rings. The van der Waals surface area contributed by atoms with Gasteiger partial charge in [0.2, 0.25) is 5.91 Å². The van der Waals surface area contributed by atoms with Gasteiger partial charge >= 0.3 is 6.09 Å². The van der Waals surface area contributed by atoms with E-state index < -0.39 is 17.2 Å². The highest BCUT2D eigenvalue weighted by molar-refractivity contribution is 5.78. The van der Waals surface area contributed by atoms with E-state index in [0.29, 0.717) is 43.9 Å². The van der Waals surface area contributed by atoms with Crippen LogP contribution in [0, 0.1) is 17.6 Å². The van der Waals surface area contributed by atoms with Crippen molar-refractivity contribution in [2.45, 2.75) is 50.9 Å². The van der Waals surface area contributed by atoms with Gasteiger partial charge in [0.25, 0.3) is 0 Å². The van der Waals surface area contributed by atoms with Crippen molar-refractivity contribution in [3.8, 4) is 22.8 Å². The van der Waals surface area contributed by atoms with Crippen LogP contribution in [0.3, 0.4) is 0 Å². The molecule has 2 aromatic carbocycles. The quantitative estimate of drug-likeness (QED) is 0.232. The molecule has 2 amide bonds. The van der Waals surface area contributed by atoms with Crippen LogP contribution in [0.4, 0.5) is 13.6 Å². The Balaban J connectivity index is 1.07. The van der Waals surface area contributed by atoms with Gasteiger partial charge in [-0.3, -0.25) is 24.7 Å². The van der Waals surface area contributed by atoms with Gasteiger partial charge in [-0.05, 0) is 69.7 Å². The lowest BCUT2D eigenvalue weighted by molar-refractivity contribution is -0.129. The van der Waals surface area contributed by atoms with Crippen molar-refractivity contribution in [3.05, 3.63) is 66.4 Å². The van der Waals surface area contributed by atoms with E-state index >= 15 is 0 Å². The van der Waals surface area contributed by atoms with Crippen molar-refractivity contribution >= 4 is 12.0 Å². The van der Waals surface area contributed by atoms with Crippen molar-refractivity contribution in [2.75, 3.05) is 39.3 Å². The van der Waals surface area contributed by atoms with Gasteiger partial charge in [-0.2, -0.15) is 5.10 Å². The molecule has 0 bridgehead atoms. The smallest absolute Gasteiger partial charge is 0.410 e. The highest BCUT2D eigenvalue weighted by atomic mass is 19.1. The van der Waals surface area contributed by atoms with Crippen molar-refractivity contribution in [1.29, 1.82) is 0 Å². The molecule has 11 nitrogen and oxygen atoms in total. The summed E-state index contributed by atoms with van der Waals surface area (Å²) in [4.78, 5) is 31.5. The first kappa shape index (κ1) is 30.9. The average Bonchev–Trinajstić information content (AvgIpc) is 3.44. The summed E-state index contributed by atoms with van der Waals surface area (Å²) in [6.07, 6.45) is 2.26. The highest BCUT2D eigenvalue weighted by Gasteiger charge is 2.45. The molecule has 45 heavy (non-hydrogen) atoms. The van der Waals surface area contributed by atoms with E-state index in [9.17, 15) is 18.4 Å². The van der Waals surface area contributed by atoms with Gasteiger partial charge in [0.05, 0.1) is 17.7 Å². The van der Waals surface area contributed by atoms with Crippen molar-refractivity contribution in [3.63, 3.8) is 0 Å². The summed E-state index contributed by atoms with van der Waals surface area (Å²) in [5.74, 6) is 3.99. The van der Waals surface area contributed by atoms with E-state index in [1.165, 1.54) is 6.07 Å². The van der Waals surface area contributed by atoms with Crippen LogP contribution in [0.1, 0.15) is 33.2 Å². The van der Waals surface area contributed by atoms with Gasteiger partial charge in [0.15, 0.2) is 11.6 Å². The predicted molar refractivity (Wildman–Crippen MR) is 162 cm³/mol. The molecule has 0 radical (unpaired) electrons. The van der Waals surface area contributed by atoms with Crippen LogP contribution in [-0.4, -0.2) is 93.4 Å². The van der Waals surface area contributed by atoms with Gasteiger partial charge < -0.3 is 14.4 Å². The number of halogens is 2. The summed E-state index contributed by atoms with van der Waals surface area (Å²) < 4.78 is 40.2. The van der Waals surface area contributed by atoms with Gasteiger partial charge in [-0.1, -0.05) is 0 Å². The number of likely N-dealkylation sites (tertiary alicyclic amines) is 3. The van der Waals surface area contributed by atoms with E-state index in [0.717, 1.165) is 43.0 Å². The lowest BCUT2D eigenvalue weighted by atomic mass is 9.90. The predicted octanol–water partition coefficient (Wildman–Crippen LogP) is 3.78. The molecule has 1 aromatic heterocycles. The number of benzene rings is 2. The lowest BCUT2D eigenvalue weighted by Gasteiger charge is -2.55. The number of amides is 2. The van der Waals surface area contributed by atoms with E-state index in [4.69, 9.17) is 20.4 Å². The first-order chi connectivity index (χ1) is 21.5. The van der Waals surface area contributed by atoms with Crippen LogP contribution < -0.4 is 16.0 Å². The number of nitrogens with zero attached hydrogens (tertiary/aromatic N) is 5. The highest BCUT2D eigenvalue weighted by Crippen LogP contribution is 2.33. The van der Waals surface area contributed by atoms with Gasteiger partial charge in [-0.15, -0.1) is 0 Å². The molecule has 13 heteroatoms. The molecule has 240 valence electrons. The molecule has 3 N–H and O–H groups in total. The Bertz CT molecular complexity index is 1530. The number of carbonyl (C=O) groups excluding carboxylic acids is 2. The maximum atomic E-state index is 14.0. The third-order valence-corrected chi connectivity index (χ3v) is 8.66. The number of rotatable bonds is 7. The Morgan fingerprint density at radius 1 is 0.911 bits per heavy atom. The number of hydrazine groups is 1. The third kappa shape index (κ3) is 6.95. The molecule has 2 atom stereocenters. The van der Waals surface area contributed by atoms with Crippen LogP contribution in [-0.2, 0) is 9.53 Å². The summed E-state index contributed by atoms with van der Waals surface area (Å²) in [5, 5.41) is 4.84. The van der Waals surface area contributed by atoms with E-state index in [1.807, 2.05) is 49.8 Å². The molecule has 0 spiro atoms. The van der Waals surface area contributed by atoms with Crippen LogP contribution in [0.2, 0.25) is 0 Å². The number of carbonyl (C=O) groups is 2. The number of ether oxygens (including phenoxy) is 2.